The van der Waals surface area contributed by atoms with Crippen LogP contribution in [0.3, 0.4) is 0 Å². The maximum Gasteiger partial charge on any atom is 0.142 e. The number of aliphatic hydroxyl groups is 1. The third-order valence-electron chi connectivity index (χ3n) is 4.60. The Labute approximate surface area is 131 Å². The Morgan fingerprint density at radius 1 is 1.36 bits per heavy atom. The van der Waals surface area contributed by atoms with Gasteiger partial charge in [0.2, 0.25) is 0 Å². The standard InChI is InChI=1S/C17H23N3O2/c1-22-15(13-5-2-3-6-13)12-20-10-9-19-17(20)16(21)14-7-4-8-18-11-14/h4,7-11,13,15-16,21H,2-3,5-6,12H2,1H3. The van der Waals surface area contributed by atoms with E-state index >= 15 is 0 Å². The molecule has 1 N–H and O–H groups in total. The second-order valence-corrected chi connectivity index (χ2v) is 5.95. The molecule has 1 fully saturated rings. The molecule has 118 valence electrons. The van der Waals surface area contributed by atoms with E-state index in [1.165, 1.54) is 25.7 Å². The molecule has 2 aromatic heterocycles. The van der Waals surface area contributed by atoms with Crippen molar-refractivity contribution in [3.05, 3.63) is 48.3 Å². The quantitative estimate of drug-likeness (QED) is 0.891. The van der Waals surface area contributed by atoms with E-state index in [1.54, 1.807) is 25.7 Å². The minimum Gasteiger partial charge on any atom is -0.380 e. The van der Waals surface area contributed by atoms with Crippen molar-refractivity contribution < 1.29 is 9.84 Å². The first-order valence-electron chi connectivity index (χ1n) is 7.91. The van der Waals surface area contributed by atoms with Crippen molar-refractivity contribution in [1.29, 1.82) is 0 Å². The summed E-state index contributed by atoms with van der Waals surface area (Å²) >= 11 is 0. The lowest BCUT2D eigenvalue weighted by Crippen LogP contribution is -2.27. The first-order chi connectivity index (χ1) is 10.8. The van der Waals surface area contributed by atoms with Gasteiger partial charge in [-0.2, -0.15) is 0 Å². The number of aromatic nitrogens is 3. The fraction of sp³-hybridized carbons (Fsp3) is 0.529. The van der Waals surface area contributed by atoms with Gasteiger partial charge in [0.05, 0.1) is 12.6 Å². The van der Waals surface area contributed by atoms with E-state index < -0.39 is 6.10 Å². The van der Waals surface area contributed by atoms with Crippen molar-refractivity contribution in [2.24, 2.45) is 5.92 Å². The Morgan fingerprint density at radius 3 is 2.86 bits per heavy atom. The SMILES string of the molecule is COC(Cn1ccnc1C(O)c1cccnc1)C1CCCC1. The van der Waals surface area contributed by atoms with Crippen LogP contribution in [0.1, 0.15) is 43.2 Å². The number of pyridine rings is 1. The Hall–Kier alpha value is -1.72. The maximum absolute atomic E-state index is 10.5. The largest absolute Gasteiger partial charge is 0.380 e. The molecular formula is C17H23N3O2. The molecule has 5 heteroatoms. The summed E-state index contributed by atoms with van der Waals surface area (Å²) in [7, 11) is 1.77. The van der Waals surface area contributed by atoms with Crippen LogP contribution in [0.5, 0.6) is 0 Å². The number of hydrogen-bond acceptors (Lipinski definition) is 4. The van der Waals surface area contributed by atoms with E-state index in [9.17, 15) is 5.11 Å². The first kappa shape index (κ1) is 15.2. The highest BCUT2D eigenvalue weighted by Gasteiger charge is 2.26. The zero-order valence-corrected chi connectivity index (χ0v) is 12.9. The van der Waals surface area contributed by atoms with E-state index in [0.29, 0.717) is 11.7 Å². The normalized spacial score (nSPS) is 18.5. The summed E-state index contributed by atoms with van der Waals surface area (Å²) in [4.78, 5) is 8.40. The molecule has 0 saturated heterocycles. The van der Waals surface area contributed by atoms with Gasteiger partial charge in [-0.3, -0.25) is 4.98 Å². The number of rotatable bonds is 6. The molecule has 2 heterocycles. The summed E-state index contributed by atoms with van der Waals surface area (Å²) in [6, 6.07) is 3.68. The number of aliphatic hydroxyl groups excluding tert-OH is 1. The molecule has 2 atom stereocenters. The molecule has 3 rings (SSSR count). The molecule has 1 aliphatic carbocycles. The predicted octanol–water partition coefficient (Wildman–Crippen LogP) is 2.57. The second-order valence-electron chi connectivity index (χ2n) is 5.95. The molecule has 0 aromatic carbocycles. The smallest absolute Gasteiger partial charge is 0.142 e. The Bertz CT molecular complexity index is 579. The Balaban J connectivity index is 1.76. The van der Waals surface area contributed by atoms with Gasteiger partial charge in [0, 0.05) is 37.5 Å². The topological polar surface area (TPSA) is 60.2 Å². The van der Waals surface area contributed by atoms with Crippen molar-refractivity contribution in [2.75, 3.05) is 7.11 Å². The van der Waals surface area contributed by atoms with Gasteiger partial charge in [-0.25, -0.2) is 4.98 Å². The number of nitrogens with zero attached hydrogens (tertiary/aromatic N) is 3. The summed E-state index contributed by atoms with van der Waals surface area (Å²) < 4.78 is 7.71. The fourth-order valence-corrected chi connectivity index (χ4v) is 3.35. The number of methoxy groups -OCH3 is 1. The summed E-state index contributed by atoms with van der Waals surface area (Å²) in [5.74, 6) is 1.25. The third-order valence-corrected chi connectivity index (χ3v) is 4.60. The van der Waals surface area contributed by atoms with Gasteiger partial charge in [-0.15, -0.1) is 0 Å². The average molecular weight is 301 g/mol. The van der Waals surface area contributed by atoms with Crippen LogP contribution < -0.4 is 0 Å². The molecule has 22 heavy (non-hydrogen) atoms. The van der Waals surface area contributed by atoms with Crippen LogP contribution in [0.15, 0.2) is 36.9 Å². The summed E-state index contributed by atoms with van der Waals surface area (Å²) in [5, 5.41) is 10.5. The molecule has 1 aliphatic rings. The summed E-state index contributed by atoms with van der Waals surface area (Å²) in [6.45, 7) is 0.730. The van der Waals surface area contributed by atoms with Gasteiger partial charge in [0.15, 0.2) is 0 Å². The predicted molar refractivity (Wildman–Crippen MR) is 83.3 cm³/mol. The molecular weight excluding hydrogens is 278 g/mol. The minimum atomic E-state index is -0.759. The lowest BCUT2D eigenvalue weighted by Gasteiger charge is -2.24. The highest BCUT2D eigenvalue weighted by Crippen LogP contribution is 2.30. The van der Waals surface area contributed by atoms with E-state index in [-0.39, 0.29) is 6.10 Å². The molecule has 5 nitrogen and oxygen atoms in total. The first-order valence-corrected chi connectivity index (χ1v) is 7.91. The maximum atomic E-state index is 10.5. The zero-order chi connectivity index (χ0) is 15.4. The van der Waals surface area contributed by atoms with Crippen molar-refractivity contribution in [2.45, 2.75) is 44.4 Å². The highest BCUT2D eigenvalue weighted by atomic mass is 16.5. The monoisotopic (exact) mass is 301 g/mol. The Kier molecular flexibility index (Phi) is 4.85. The van der Waals surface area contributed by atoms with Crippen LogP contribution in [0.2, 0.25) is 0 Å². The van der Waals surface area contributed by atoms with Crippen LogP contribution in [0.25, 0.3) is 0 Å². The third kappa shape index (κ3) is 3.20. The van der Waals surface area contributed by atoms with Crippen LogP contribution in [0.4, 0.5) is 0 Å². The van der Waals surface area contributed by atoms with E-state index in [0.717, 1.165) is 12.1 Å². The van der Waals surface area contributed by atoms with Crippen molar-refractivity contribution in [3.63, 3.8) is 0 Å². The number of ether oxygens (including phenoxy) is 1. The molecule has 2 aromatic rings. The zero-order valence-electron chi connectivity index (χ0n) is 12.9. The summed E-state index contributed by atoms with van der Waals surface area (Å²) in [5.41, 5.74) is 0.754. The van der Waals surface area contributed by atoms with Gasteiger partial charge in [-0.1, -0.05) is 18.9 Å². The van der Waals surface area contributed by atoms with E-state index in [4.69, 9.17) is 4.74 Å². The molecule has 0 radical (unpaired) electrons. The van der Waals surface area contributed by atoms with Crippen LogP contribution in [-0.2, 0) is 11.3 Å². The number of hydrogen-bond donors (Lipinski definition) is 1. The van der Waals surface area contributed by atoms with Gasteiger partial charge >= 0.3 is 0 Å². The van der Waals surface area contributed by atoms with Gasteiger partial charge < -0.3 is 14.4 Å². The molecule has 1 saturated carbocycles. The van der Waals surface area contributed by atoms with Gasteiger partial charge in [-0.05, 0) is 24.8 Å². The van der Waals surface area contributed by atoms with Gasteiger partial charge in [0.1, 0.15) is 11.9 Å². The van der Waals surface area contributed by atoms with E-state index in [1.807, 2.05) is 22.9 Å². The summed E-state index contributed by atoms with van der Waals surface area (Å²) in [6.07, 6.45) is 11.5. The second kappa shape index (κ2) is 7.03. The molecule has 0 amide bonds. The number of imidazole rings is 1. The van der Waals surface area contributed by atoms with Crippen LogP contribution in [0, 0.1) is 5.92 Å². The van der Waals surface area contributed by atoms with Gasteiger partial charge in [0.25, 0.3) is 0 Å². The minimum absolute atomic E-state index is 0.177. The highest BCUT2D eigenvalue weighted by molar-refractivity contribution is 5.19. The fourth-order valence-electron chi connectivity index (χ4n) is 3.35. The van der Waals surface area contributed by atoms with E-state index in [2.05, 4.69) is 9.97 Å². The lowest BCUT2D eigenvalue weighted by molar-refractivity contribution is 0.0387. The van der Waals surface area contributed by atoms with Crippen molar-refractivity contribution >= 4 is 0 Å². The van der Waals surface area contributed by atoms with Crippen molar-refractivity contribution in [1.82, 2.24) is 14.5 Å². The molecule has 0 bridgehead atoms. The molecule has 0 spiro atoms. The molecule has 2 unspecified atom stereocenters. The average Bonchev–Trinajstić information content (AvgIpc) is 3.24. The lowest BCUT2D eigenvalue weighted by atomic mass is 10.0. The van der Waals surface area contributed by atoms with Crippen molar-refractivity contribution in [3.8, 4) is 0 Å². The molecule has 0 aliphatic heterocycles. The van der Waals surface area contributed by atoms with Crippen LogP contribution in [-0.4, -0.2) is 32.9 Å². The van der Waals surface area contributed by atoms with Crippen LogP contribution >= 0.6 is 0 Å². The Morgan fingerprint density at radius 2 is 2.18 bits per heavy atom.